The lowest BCUT2D eigenvalue weighted by atomic mass is 10.0. The highest BCUT2D eigenvalue weighted by molar-refractivity contribution is 6.34. The van der Waals surface area contributed by atoms with Crippen molar-refractivity contribution in [1.82, 2.24) is 29.4 Å². The number of hydrogen-bond acceptors (Lipinski definition) is 10. The van der Waals surface area contributed by atoms with E-state index in [1.165, 1.54) is 16.8 Å². The molecule has 238 valence electrons. The molecule has 1 saturated carbocycles. The van der Waals surface area contributed by atoms with Gasteiger partial charge < -0.3 is 24.8 Å². The van der Waals surface area contributed by atoms with Crippen LogP contribution in [0.5, 0.6) is 5.75 Å². The van der Waals surface area contributed by atoms with E-state index in [0.717, 1.165) is 43.3 Å². The maximum atomic E-state index is 15.7. The number of aromatic nitrogens is 4. The third-order valence-corrected chi connectivity index (χ3v) is 8.82. The zero-order valence-corrected chi connectivity index (χ0v) is 26.3. The Morgan fingerprint density at radius 1 is 1.11 bits per heavy atom. The van der Waals surface area contributed by atoms with Gasteiger partial charge in [0.2, 0.25) is 5.95 Å². The van der Waals surface area contributed by atoms with Gasteiger partial charge in [0.25, 0.3) is 5.92 Å². The summed E-state index contributed by atoms with van der Waals surface area (Å²) in [6.07, 6.45) is 2.87. The second-order valence-corrected chi connectivity index (χ2v) is 12.1. The van der Waals surface area contributed by atoms with Gasteiger partial charge in [-0.1, -0.05) is 23.7 Å². The van der Waals surface area contributed by atoms with E-state index in [4.69, 9.17) is 21.3 Å². The van der Waals surface area contributed by atoms with Crippen molar-refractivity contribution < 1.29 is 13.5 Å². The van der Waals surface area contributed by atoms with E-state index in [1.54, 1.807) is 7.11 Å². The lowest BCUT2D eigenvalue weighted by Gasteiger charge is -2.33. The van der Waals surface area contributed by atoms with Crippen LogP contribution in [0.2, 0.25) is 5.02 Å². The Morgan fingerprint density at radius 2 is 1.85 bits per heavy atom. The first-order valence-corrected chi connectivity index (χ1v) is 15.4. The predicted octanol–water partition coefficient (Wildman–Crippen LogP) is 5.17. The Hall–Kier alpha value is -4.56. The third-order valence-electron chi connectivity index (χ3n) is 8.41. The predicted molar refractivity (Wildman–Crippen MR) is 170 cm³/mol. The van der Waals surface area contributed by atoms with Gasteiger partial charge in [-0.25, -0.2) is 13.8 Å². The van der Waals surface area contributed by atoms with Crippen molar-refractivity contribution in [1.29, 1.82) is 10.5 Å². The molecule has 0 bridgehead atoms. The van der Waals surface area contributed by atoms with Crippen molar-refractivity contribution in [2.24, 2.45) is 0 Å². The molecule has 2 aliphatic rings. The van der Waals surface area contributed by atoms with Crippen LogP contribution in [-0.2, 0) is 12.5 Å². The van der Waals surface area contributed by atoms with E-state index >= 15 is 8.78 Å². The fraction of sp³-hybridized carbons (Fsp3) is 0.406. The van der Waals surface area contributed by atoms with Crippen LogP contribution in [0.4, 0.5) is 26.2 Å². The zero-order chi connectivity index (χ0) is 32.4. The monoisotopic (exact) mass is 646 g/mol. The number of ether oxygens (including phenoxy) is 1. The number of alkyl halides is 2. The summed E-state index contributed by atoms with van der Waals surface area (Å²) >= 11 is 6.64. The molecule has 0 unspecified atom stereocenters. The van der Waals surface area contributed by atoms with E-state index < -0.39 is 17.9 Å². The molecule has 6 rings (SSSR count). The molecular weight excluding hydrogens is 614 g/mol. The van der Waals surface area contributed by atoms with Crippen LogP contribution in [0.1, 0.15) is 41.6 Å². The lowest BCUT2D eigenvalue weighted by molar-refractivity contribution is -0.0246. The number of imidazole rings is 1. The van der Waals surface area contributed by atoms with Crippen LogP contribution in [0.25, 0.3) is 5.65 Å². The molecular formula is C32H33ClF2N10O. The quantitative estimate of drug-likeness (QED) is 0.234. The summed E-state index contributed by atoms with van der Waals surface area (Å²) in [5.41, 5.74) is 1.21. The van der Waals surface area contributed by atoms with Gasteiger partial charge in [-0.15, -0.1) is 5.10 Å². The number of nitriles is 2. The Balaban J connectivity index is 1.34. The Morgan fingerprint density at radius 3 is 2.50 bits per heavy atom. The summed E-state index contributed by atoms with van der Waals surface area (Å²) in [6, 6.07) is 14.5. The van der Waals surface area contributed by atoms with Crippen LogP contribution in [-0.4, -0.2) is 82.3 Å². The number of benzene rings is 2. The number of rotatable bonds is 11. The van der Waals surface area contributed by atoms with Crippen molar-refractivity contribution in [3.8, 4) is 17.9 Å². The van der Waals surface area contributed by atoms with Crippen molar-refractivity contribution in [2.45, 2.75) is 37.8 Å². The van der Waals surface area contributed by atoms with Crippen LogP contribution in [0.15, 0.2) is 42.6 Å². The van der Waals surface area contributed by atoms with Gasteiger partial charge in [0.15, 0.2) is 17.2 Å². The molecule has 0 amide bonds. The minimum Gasteiger partial charge on any atom is -0.497 e. The molecule has 2 aromatic carbocycles. The second kappa shape index (κ2) is 13.0. The highest BCUT2D eigenvalue weighted by atomic mass is 35.5. The molecule has 0 atom stereocenters. The largest absolute Gasteiger partial charge is 0.497 e. The maximum absolute atomic E-state index is 15.7. The topological polar surface area (TPSA) is 122 Å². The summed E-state index contributed by atoms with van der Waals surface area (Å²) in [5, 5.41) is 26.7. The van der Waals surface area contributed by atoms with Crippen molar-refractivity contribution >= 4 is 34.7 Å². The van der Waals surface area contributed by atoms with Gasteiger partial charge in [-0.05, 0) is 49.7 Å². The van der Waals surface area contributed by atoms with Crippen LogP contribution >= 0.6 is 11.6 Å². The number of likely N-dealkylation sites (N-methyl/N-ethyl adjacent to an activating group) is 1. The average Bonchev–Trinajstić information content (AvgIpc) is 3.82. The molecule has 1 N–H and O–H groups in total. The average molecular weight is 647 g/mol. The van der Waals surface area contributed by atoms with Crippen LogP contribution in [0.3, 0.4) is 0 Å². The summed E-state index contributed by atoms with van der Waals surface area (Å²) in [5.74, 6) is -2.06. The van der Waals surface area contributed by atoms with Crippen molar-refractivity contribution in [3.63, 3.8) is 0 Å². The first kappa shape index (κ1) is 31.4. The molecule has 2 aromatic heterocycles. The van der Waals surface area contributed by atoms with Crippen molar-refractivity contribution in [3.05, 3.63) is 70.0 Å². The number of halogens is 3. The Kier molecular flexibility index (Phi) is 8.91. The molecule has 46 heavy (non-hydrogen) atoms. The normalized spacial score (nSPS) is 15.8. The number of nitrogens with zero attached hydrogens (tertiary/aromatic N) is 9. The van der Waals surface area contributed by atoms with E-state index in [-0.39, 0.29) is 40.5 Å². The first-order chi connectivity index (χ1) is 22.2. The molecule has 1 aliphatic carbocycles. The highest BCUT2D eigenvalue weighted by Crippen LogP contribution is 2.42. The Bertz CT molecular complexity index is 1800. The molecule has 2 fully saturated rings. The number of nitrogens with one attached hydrogen (secondary N) is 1. The standard InChI is InChI=1S/C32H33ClF2N10O/c1-42-11-13-43(14-12-42)10-9-32(34,35)26-15-22(17-36)16-27(28(26)33)39-31-40-30(29-38-19-24(18-37)45(29)41-31)44(23-5-6-23)20-21-3-7-25(46-2)8-4-21/h3-4,7-8,15-16,19,23H,5-6,9-14,20H2,1-2H3,(H,39,41). The molecule has 14 heteroatoms. The fourth-order valence-electron chi connectivity index (χ4n) is 5.55. The van der Waals surface area contributed by atoms with E-state index in [1.807, 2.05) is 42.3 Å². The highest BCUT2D eigenvalue weighted by Gasteiger charge is 2.36. The van der Waals surface area contributed by atoms with Gasteiger partial charge >= 0.3 is 0 Å². The van der Waals surface area contributed by atoms with Gasteiger partial charge in [0, 0.05) is 57.3 Å². The SMILES string of the molecule is COc1ccc(CN(c2nc(Nc3cc(C#N)cc(C(F)(F)CCN4CCN(C)CC4)c3Cl)nn3c(C#N)cnc23)C2CC2)cc1. The van der Waals surface area contributed by atoms with E-state index in [9.17, 15) is 10.5 Å². The van der Waals surface area contributed by atoms with Crippen LogP contribution < -0.4 is 15.0 Å². The molecule has 3 heterocycles. The van der Waals surface area contributed by atoms with Gasteiger partial charge in [-0.3, -0.25) is 0 Å². The summed E-state index contributed by atoms with van der Waals surface area (Å²) in [4.78, 5) is 15.5. The molecule has 11 nitrogen and oxygen atoms in total. The molecule has 1 saturated heterocycles. The first-order valence-electron chi connectivity index (χ1n) is 15.0. The van der Waals surface area contributed by atoms with Gasteiger partial charge in [-0.2, -0.15) is 20.0 Å². The number of methoxy groups -OCH3 is 1. The number of anilines is 3. The molecule has 1 aliphatic heterocycles. The second-order valence-electron chi connectivity index (χ2n) is 11.7. The smallest absolute Gasteiger partial charge is 0.276 e. The van der Waals surface area contributed by atoms with E-state index in [2.05, 4.69) is 31.3 Å². The van der Waals surface area contributed by atoms with Crippen molar-refractivity contribution in [2.75, 3.05) is 57.1 Å². The molecule has 0 radical (unpaired) electrons. The minimum atomic E-state index is -3.29. The zero-order valence-electron chi connectivity index (χ0n) is 25.5. The summed E-state index contributed by atoms with van der Waals surface area (Å²) in [7, 11) is 3.62. The molecule has 0 spiro atoms. The third kappa shape index (κ3) is 6.67. The lowest BCUT2D eigenvalue weighted by Crippen LogP contribution is -2.45. The van der Waals surface area contributed by atoms with Crippen LogP contribution in [0, 0.1) is 22.7 Å². The summed E-state index contributed by atoms with van der Waals surface area (Å²) in [6.45, 7) is 3.76. The maximum Gasteiger partial charge on any atom is 0.276 e. The summed E-state index contributed by atoms with van der Waals surface area (Å²) < 4.78 is 38.1. The number of piperazine rings is 1. The minimum absolute atomic E-state index is 0.0149. The number of fused-ring (bicyclic) bond motifs is 1. The molecule has 4 aromatic rings. The number of hydrogen-bond donors (Lipinski definition) is 1. The fourth-order valence-corrected chi connectivity index (χ4v) is 5.85. The van der Waals surface area contributed by atoms with Gasteiger partial charge in [0.1, 0.15) is 11.8 Å². The van der Waals surface area contributed by atoms with Gasteiger partial charge in [0.05, 0.1) is 35.6 Å². The Labute approximate surface area is 270 Å². The van der Waals surface area contributed by atoms with E-state index in [0.29, 0.717) is 31.1 Å².